The van der Waals surface area contributed by atoms with E-state index in [1.54, 1.807) is 0 Å². The SMILES string of the molecule is CCCCCCCC/C=C\CCCCCCCC(=O)OCCCCCCCCCCCCCC(=O)NC(CO)C(O)CCCCCCCCCCC. The van der Waals surface area contributed by atoms with Gasteiger partial charge in [-0.15, -0.1) is 0 Å². The quantitative estimate of drug-likeness (QED) is 0.0329. The number of unbranched alkanes of at least 4 members (excludes halogenated alkanes) is 29. The monoisotopic (exact) mass is 736 g/mol. The van der Waals surface area contributed by atoms with Crippen LogP contribution in [0.4, 0.5) is 0 Å². The first-order valence-electron chi connectivity index (χ1n) is 22.9. The third kappa shape index (κ3) is 38.3. The third-order valence-electron chi connectivity index (χ3n) is 10.6. The highest BCUT2D eigenvalue weighted by Gasteiger charge is 2.20. The number of amides is 1. The number of nitrogens with one attached hydrogen (secondary N) is 1. The van der Waals surface area contributed by atoms with Crippen molar-refractivity contribution in [1.29, 1.82) is 0 Å². The Labute approximate surface area is 323 Å². The van der Waals surface area contributed by atoms with Crippen molar-refractivity contribution >= 4 is 11.9 Å². The lowest BCUT2D eigenvalue weighted by Crippen LogP contribution is -2.45. The standard InChI is InChI=1S/C46H89NO5/c1-3-5-7-9-11-13-14-15-16-17-20-24-28-32-36-40-46(51)52-41-37-33-29-25-21-18-19-23-27-31-35-39-45(50)47-43(42-48)44(49)38-34-30-26-22-12-10-8-6-4-2/h15-16,43-44,48-49H,3-14,17-42H2,1-2H3,(H,47,50)/b16-15-. The van der Waals surface area contributed by atoms with Crippen molar-refractivity contribution < 1.29 is 24.5 Å². The zero-order valence-electron chi connectivity index (χ0n) is 34.8. The highest BCUT2D eigenvalue weighted by Crippen LogP contribution is 2.15. The second-order valence-corrected chi connectivity index (χ2v) is 15.7. The molecule has 0 heterocycles. The second-order valence-electron chi connectivity index (χ2n) is 15.7. The van der Waals surface area contributed by atoms with Crippen LogP contribution in [0.5, 0.6) is 0 Å². The Hall–Kier alpha value is -1.40. The Morgan fingerprint density at radius 2 is 0.904 bits per heavy atom. The Balaban J connectivity index is 3.45. The zero-order chi connectivity index (χ0) is 38.0. The molecule has 2 atom stereocenters. The highest BCUT2D eigenvalue weighted by atomic mass is 16.5. The molecule has 0 saturated carbocycles. The van der Waals surface area contributed by atoms with Crippen LogP contribution < -0.4 is 5.32 Å². The van der Waals surface area contributed by atoms with Gasteiger partial charge in [-0.05, 0) is 51.4 Å². The molecule has 2 unspecified atom stereocenters. The molecule has 0 aliphatic carbocycles. The van der Waals surface area contributed by atoms with Gasteiger partial charge in [0.1, 0.15) is 0 Å². The van der Waals surface area contributed by atoms with Crippen LogP contribution in [0.2, 0.25) is 0 Å². The van der Waals surface area contributed by atoms with Gasteiger partial charge >= 0.3 is 5.97 Å². The molecule has 0 radical (unpaired) electrons. The molecule has 52 heavy (non-hydrogen) atoms. The number of carbonyl (C=O) groups is 2. The molecule has 0 aliphatic heterocycles. The topological polar surface area (TPSA) is 95.9 Å². The molecule has 0 spiro atoms. The molecule has 6 nitrogen and oxygen atoms in total. The van der Waals surface area contributed by atoms with E-state index in [2.05, 4.69) is 31.3 Å². The van der Waals surface area contributed by atoms with Crippen LogP contribution >= 0.6 is 0 Å². The average molecular weight is 736 g/mol. The summed E-state index contributed by atoms with van der Waals surface area (Å²) < 4.78 is 5.44. The maximum atomic E-state index is 12.4. The first-order chi connectivity index (χ1) is 25.5. The van der Waals surface area contributed by atoms with Crippen molar-refractivity contribution in [3.05, 3.63) is 12.2 Å². The van der Waals surface area contributed by atoms with E-state index in [0.29, 0.717) is 25.9 Å². The number of allylic oxidation sites excluding steroid dienone is 2. The molecule has 3 N–H and O–H groups in total. The Kier molecular flexibility index (Phi) is 41.2. The summed E-state index contributed by atoms with van der Waals surface area (Å²) in [4.78, 5) is 24.4. The number of aliphatic hydroxyl groups is 2. The largest absolute Gasteiger partial charge is 0.466 e. The Morgan fingerprint density at radius 1 is 0.519 bits per heavy atom. The summed E-state index contributed by atoms with van der Waals surface area (Å²) >= 11 is 0. The van der Waals surface area contributed by atoms with Crippen molar-refractivity contribution in [2.45, 2.75) is 257 Å². The van der Waals surface area contributed by atoms with Gasteiger partial charge in [0.2, 0.25) is 5.91 Å². The van der Waals surface area contributed by atoms with E-state index in [1.165, 1.54) is 154 Å². The summed E-state index contributed by atoms with van der Waals surface area (Å²) in [5.74, 6) is -0.0793. The van der Waals surface area contributed by atoms with Crippen LogP contribution in [0, 0.1) is 0 Å². The maximum Gasteiger partial charge on any atom is 0.305 e. The summed E-state index contributed by atoms with van der Waals surface area (Å²) in [6, 6.07) is -0.552. The number of aliphatic hydroxyl groups excluding tert-OH is 2. The van der Waals surface area contributed by atoms with E-state index >= 15 is 0 Å². The van der Waals surface area contributed by atoms with Crippen LogP contribution in [0.25, 0.3) is 0 Å². The van der Waals surface area contributed by atoms with E-state index in [4.69, 9.17) is 4.74 Å². The van der Waals surface area contributed by atoms with Crippen LogP contribution in [0.1, 0.15) is 245 Å². The van der Waals surface area contributed by atoms with E-state index in [9.17, 15) is 19.8 Å². The van der Waals surface area contributed by atoms with Gasteiger partial charge in [0, 0.05) is 12.8 Å². The molecule has 0 saturated heterocycles. The second kappa shape index (κ2) is 42.3. The van der Waals surface area contributed by atoms with Gasteiger partial charge in [0.05, 0.1) is 25.4 Å². The Morgan fingerprint density at radius 3 is 1.37 bits per heavy atom. The Bertz CT molecular complexity index is 772. The highest BCUT2D eigenvalue weighted by molar-refractivity contribution is 5.76. The minimum absolute atomic E-state index is 0.0222. The first kappa shape index (κ1) is 50.6. The van der Waals surface area contributed by atoms with Crippen LogP contribution in [0.3, 0.4) is 0 Å². The summed E-state index contributed by atoms with van der Waals surface area (Å²) in [7, 11) is 0. The van der Waals surface area contributed by atoms with Gasteiger partial charge in [-0.2, -0.15) is 0 Å². The number of rotatable bonds is 42. The number of hydrogen-bond acceptors (Lipinski definition) is 5. The molecule has 0 aromatic heterocycles. The molecule has 6 heteroatoms. The molecule has 0 aliphatic rings. The van der Waals surface area contributed by atoms with Crippen LogP contribution in [-0.4, -0.2) is 47.4 Å². The summed E-state index contributed by atoms with van der Waals surface area (Å²) in [5.41, 5.74) is 0. The number of hydrogen-bond donors (Lipinski definition) is 3. The lowest BCUT2D eigenvalue weighted by molar-refractivity contribution is -0.143. The van der Waals surface area contributed by atoms with Gasteiger partial charge in [-0.1, -0.05) is 193 Å². The van der Waals surface area contributed by atoms with Crippen LogP contribution in [0.15, 0.2) is 12.2 Å². The number of ether oxygens (including phenoxy) is 1. The van der Waals surface area contributed by atoms with Gasteiger partial charge < -0.3 is 20.3 Å². The fourth-order valence-electron chi connectivity index (χ4n) is 6.98. The van der Waals surface area contributed by atoms with Gasteiger partial charge in [0.15, 0.2) is 0 Å². The summed E-state index contributed by atoms with van der Waals surface area (Å²) in [6.45, 7) is 4.87. The number of carbonyl (C=O) groups excluding carboxylic acids is 2. The molecule has 0 aromatic rings. The van der Waals surface area contributed by atoms with Gasteiger partial charge in [0.25, 0.3) is 0 Å². The number of esters is 1. The minimum Gasteiger partial charge on any atom is -0.466 e. The molecule has 1 amide bonds. The van der Waals surface area contributed by atoms with E-state index < -0.39 is 12.1 Å². The van der Waals surface area contributed by atoms with E-state index in [0.717, 1.165) is 57.8 Å². The van der Waals surface area contributed by atoms with Crippen molar-refractivity contribution in [1.82, 2.24) is 5.32 Å². The minimum atomic E-state index is -0.673. The predicted octanol–water partition coefficient (Wildman–Crippen LogP) is 13.0. The van der Waals surface area contributed by atoms with E-state index in [-0.39, 0.29) is 18.5 Å². The predicted molar refractivity (Wildman–Crippen MR) is 223 cm³/mol. The van der Waals surface area contributed by atoms with Crippen molar-refractivity contribution in [3.8, 4) is 0 Å². The average Bonchev–Trinajstić information content (AvgIpc) is 3.14. The van der Waals surface area contributed by atoms with Crippen LogP contribution in [-0.2, 0) is 14.3 Å². The molecular formula is C46H89NO5. The third-order valence-corrected chi connectivity index (χ3v) is 10.6. The lowest BCUT2D eigenvalue weighted by Gasteiger charge is -2.22. The summed E-state index contributed by atoms with van der Waals surface area (Å²) in [5, 5.41) is 23.0. The van der Waals surface area contributed by atoms with Crippen molar-refractivity contribution in [2.75, 3.05) is 13.2 Å². The van der Waals surface area contributed by atoms with Crippen molar-refractivity contribution in [2.24, 2.45) is 0 Å². The van der Waals surface area contributed by atoms with Gasteiger partial charge in [-0.3, -0.25) is 9.59 Å². The molecule has 0 rings (SSSR count). The zero-order valence-corrected chi connectivity index (χ0v) is 34.8. The molecule has 0 aromatic carbocycles. The van der Waals surface area contributed by atoms with Crippen molar-refractivity contribution in [3.63, 3.8) is 0 Å². The normalized spacial score (nSPS) is 12.8. The lowest BCUT2D eigenvalue weighted by atomic mass is 10.0. The van der Waals surface area contributed by atoms with E-state index in [1.807, 2.05) is 0 Å². The smallest absolute Gasteiger partial charge is 0.305 e. The first-order valence-corrected chi connectivity index (χ1v) is 22.9. The molecular weight excluding hydrogens is 647 g/mol. The molecule has 0 bridgehead atoms. The molecule has 0 fully saturated rings. The van der Waals surface area contributed by atoms with Gasteiger partial charge in [-0.25, -0.2) is 0 Å². The molecule has 308 valence electrons. The maximum absolute atomic E-state index is 12.4. The fraction of sp³-hybridized carbons (Fsp3) is 0.913. The summed E-state index contributed by atoms with van der Waals surface area (Å²) in [6.07, 6.45) is 46.0. The fourth-order valence-corrected chi connectivity index (χ4v) is 6.98.